The molecule has 2 aliphatic heterocycles. The summed E-state index contributed by atoms with van der Waals surface area (Å²) in [6, 6.07) is 52.1. The van der Waals surface area contributed by atoms with Gasteiger partial charge in [0, 0.05) is 39.1 Å². The molecule has 0 N–H and O–H groups in total. The van der Waals surface area contributed by atoms with Gasteiger partial charge in [-0.05, 0) is 60.3 Å². The number of hydrogen-bond donors (Lipinski definition) is 0. The second kappa shape index (κ2) is 9.43. The number of benzene rings is 7. The van der Waals surface area contributed by atoms with E-state index in [9.17, 15) is 0 Å². The van der Waals surface area contributed by atoms with Crippen molar-refractivity contribution in [1.82, 2.24) is 9.13 Å². The Morgan fingerprint density at radius 3 is 1.73 bits per heavy atom. The molecule has 0 aliphatic carbocycles. The Morgan fingerprint density at radius 1 is 0.458 bits per heavy atom. The van der Waals surface area contributed by atoms with Crippen LogP contribution in [0.25, 0.3) is 55.0 Å². The lowest BCUT2D eigenvalue weighted by Gasteiger charge is -2.33. The lowest BCUT2D eigenvalue weighted by Crippen LogP contribution is -2.57. The smallest absolute Gasteiger partial charge is 0.260 e. The third-order valence-electron chi connectivity index (χ3n) is 10.3. The zero-order valence-corrected chi connectivity index (χ0v) is 26.1. The maximum absolute atomic E-state index is 6.73. The van der Waals surface area contributed by atoms with E-state index in [2.05, 4.69) is 150 Å². The molecule has 2 aliphatic rings. The fourth-order valence-corrected chi connectivity index (χ4v) is 8.30. The molecule has 0 saturated carbocycles. The number of aryl methyl sites for hydroxylation is 1. The maximum atomic E-state index is 6.73. The number of nitrogens with zero attached hydrogens (tertiary/aromatic N) is 2. The number of ether oxygens (including phenoxy) is 2. The van der Waals surface area contributed by atoms with Crippen molar-refractivity contribution in [3.8, 4) is 34.4 Å². The van der Waals surface area contributed by atoms with Crippen molar-refractivity contribution in [3.63, 3.8) is 0 Å². The van der Waals surface area contributed by atoms with Crippen LogP contribution in [0.1, 0.15) is 5.56 Å². The van der Waals surface area contributed by atoms with E-state index in [1.54, 1.807) is 0 Å². The summed E-state index contributed by atoms with van der Waals surface area (Å²) >= 11 is 0. The van der Waals surface area contributed by atoms with Crippen LogP contribution in [0, 0.1) is 6.92 Å². The van der Waals surface area contributed by atoms with Gasteiger partial charge in [0.1, 0.15) is 23.0 Å². The second-order valence-electron chi connectivity index (χ2n) is 13.0. The van der Waals surface area contributed by atoms with E-state index in [1.807, 2.05) is 12.1 Å². The fourth-order valence-electron chi connectivity index (χ4n) is 8.30. The quantitative estimate of drug-likeness (QED) is 0.182. The van der Waals surface area contributed by atoms with E-state index < -0.39 is 0 Å². The average molecular weight is 615 g/mol. The molecule has 11 rings (SSSR count). The normalized spacial score (nSPS) is 13.0. The van der Waals surface area contributed by atoms with Gasteiger partial charge in [-0.3, -0.25) is 0 Å². The molecule has 0 unspecified atom stereocenters. The Morgan fingerprint density at radius 2 is 1.02 bits per heavy atom. The molecular formula is C43H27BN2O2. The van der Waals surface area contributed by atoms with Gasteiger partial charge < -0.3 is 18.6 Å². The highest BCUT2D eigenvalue weighted by molar-refractivity contribution is 6.98. The van der Waals surface area contributed by atoms with Crippen LogP contribution in [0.3, 0.4) is 0 Å². The van der Waals surface area contributed by atoms with Crippen LogP contribution in [0.4, 0.5) is 0 Å². The lowest BCUT2D eigenvalue weighted by molar-refractivity contribution is 0.464. The van der Waals surface area contributed by atoms with Gasteiger partial charge >= 0.3 is 0 Å². The number of rotatable bonds is 2. The molecule has 224 valence electrons. The summed E-state index contributed by atoms with van der Waals surface area (Å²) in [5, 5.41) is 4.91. The van der Waals surface area contributed by atoms with E-state index in [-0.39, 0.29) is 6.71 Å². The summed E-state index contributed by atoms with van der Waals surface area (Å²) in [5.41, 5.74) is 11.4. The van der Waals surface area contributed by atoms with Gasteiger partial charge in [0.15, 0.2) is 0 Å². The number of aromatic nitrogens is 2. The minimum Gasteiger partial charge on any atom is -0.458 e. The van der Waals surface area contributed by atoms with E-state index in [0.717, 1.165) is 61.8 Å². The van der Waals surface area contributed by atoms with Gasteiger partial charge in [0.25, 0.3) is 6.71 Å². The van der Waals surface area contributed by atoms with Crippen LogP contribution < -0.4 is 25.9 Å². The summed E-state index contributed by atoms with van der Waals surface area (Å²) in [5.74, 6) is 3.43. The molecule has 4 nitrogen and oxygen atoms in total. The minimum absolute atomic E-state index is 0.0359. The molecule has 0 radical (unpaired) electrons. The van der Waals surface area contributed by atoms with Crippen LogP contribution >= 0.6 is 0 Å². The first-order valence-electron chi connectivity index (χ1n) is 16.5. The minimum atomic E-state index is 0.0359. The van der Waals surface area contributed by atoms with E-state index in [0.29, 0.717) is 0 Å². The molecule has 7 aromatic carbocycles. The van der Waals surface area contributed by atoms with Crippen molar-refractivity contribution < 1.29 is 9.47 Å². The largest absolute Gasteiger partial charge is 0.458 e. The van der Waals surface area contributed by atoms with Crippen LogP contribution in [-0.4, -0.2) is 15.8 Å². The zero-order valence-electron chi connectivity index (χ0n) is 26.1. The first-order chi connectivity index (χ1) is 23.7. The number of para-hydroxylation sites is 5. The maximum Gasteiger partial charge on any atom is 0.260 e. The van der Waals surface area contributed by atoms with Gasteiger partial charge in [-0.1, -0.05) is 96.6 Å². The highest BCUT2D eigenvalue weighted by Gasteiger charge is 2.40. The summed E-state index contributed by atoms with van der Waals surface area (Å²) < 4.78 is 18.3. The van der Waals surface area contributed by atoms with E-state index in [1.165, 1.54) is 38.1 Å². The molecule has 9 aromatic rings. The predicted molar refractivity (Wildman–Crippen MR) is 198 cm³/mol. The van der Waals surface area contributed by atoms with Crippen molar-refractivity contribution in [2.45, 2.75) is 6.92 Å². The Balaban J connectivity index is 1.25. The average Bonchev–Trinajstić information content (AvgIpc) is 3.64. The standard InChI is InChI=1S/C43H27BN2O2/c1-26-21-22-36-31(23-26)29-12-3-7-17-35(29)46(36)37-18-10-13-30-28-11-2-6-16-34(28)45(43(30)37)27-24-40-42-41(25-27)48-39-20-9-5-15-33(39)44(42)32-14-4-8-19-38(32)47-40/h2-25H,1H3. The Labute approximate surface area is 277 Å². The summed E-state index contributed by atoms with van der Waals surface area (Å²) in [7, 11) is 0. The zero-order chi connectivity index (χ0) is 31.5. The van der Waals surface area contributed by atoms with Crippen molar-refractivity contribution in [2.75, 3.05) is 0 Å². The second-order valence-corrected chi connectivity index (χ2v) is 13.0. The Kier molecular flexibility index (Phi) is 5.09. The predicted octanol–water partition coefficient (Wildman–Crippen LogP) is 8.92. The lowest BCUT2D eigenvalue weighted by atomic mass is 9.35. The molecule has 0 amide bonds. The molecule has 0 saturated heterocycles. The topological polar surface area (TPSA) is 28.3 Å². The molecular weight excluding hydrogens is 587 g/mol. The van der Waals surface area contributed by atoms with Crippen LogP contribution in [-0.2, 0) is 0 Å². The van der Waals surface area contributed by atoms with Gasteiger partial charge in [0.05, 0.1) is 33.4 Å². The van der Waals surface area contributed by atoms with Gasteiger partial charge in [-0.25, -0.2) is 0 Å². The molecule has 4 heterocycles. The molecule has 2 aromatic heterocycles. The Bertz CT molecular complexity index is 2760. The molecule has 0 fully saturated rings. The molecule has 0 bridgehead atoms. The SMILES string of the molecule is Cc1ccc2c(c1)c1ccccc1n2-c1cccc2c3ccccc3n(-c3cc4c5c(c3)Oc3ccccc3B5c3ccccc3O4)c12. The summed E-state index contributed by atoms with van der Waals surface area (Å²) in [6.45, 7) is 2.20. The molecule has 5 heteroatoms. The van der Waals surface area contributed by atoms with Gasteiger partial charge in [-0.15, -0.1) is 0 Å². The van der Waals surface area contributed by atoms with Crippen molar-refractivity contribution in [1.29, 1.82) is 0 Å². The van der Waals surface area contributed by atoms with Crippen LogP contribution in [0.2, 0.25) is 0 Å². The first-order valence-corrected chi connectivity index (χ1v) is 16.5. The fraction of sp³-hybridized carbons (Fsp3) is 0.0233. The van der Waals surface area contributed by atoms with Crippen molar-refractivity contribution in [3.05, 3.63) is 151 Å². The molecule has 48 heavy (non-hydrogen) atoms. The Hall–Kier alpha value is -6.20. The van der Waals surface area contributed by atoms with Gasteiger partial charge in [0.2, 0.25) is 0 Å². The monoisotopic (exact) mass is 614 g/mol. The third kappa shape index (κ3) is 3.40. The summed E-state index contributed by atoms with van der Waals surface area (Å²) in [6.07, 6.45) is 0. The number of hydrogen-bond acceptors (Lipinski definition) is 2. The molecule has 0 atom stereocenters. The number of fused-ring (bicyclic) bond motifs is 10. The van der Waals surface area contributed by atoms with E-state index in [4.69, 9.17) is 9.47 Å². The highest BCUT2D eigenvalue weighted by atomic mass is 16.5. The van der Waals surface area contributed by atoms with Crippen molar-refractivity contribution >= 4 is 66.7 Å². The van der Waals surface area contributed by atoms with Crippen LogP contribution in [0.5, 0.6) is 23.0 Å². The third-order valence-corrected chi connectivity index (χ3v) is 10.3. The van der Waals surface area contributed by atoms with Gasteiger partial charge in [-0.2, -0.15) is 0 Å². The molecule has 0 spiro atoms. The summed E-state index contributed by atoms with van der Waals surface area (Å²) in [4.78, 5) is 0. The van der Waals surface area contributed by atoms with E-state index >= 15 is 0 Å². The van der Waals surface area contributed by atoms with Crippen LogP contribution in [0.15, 0.2) is 146 Å². The highest BCUT2D eigenvalue weighted by Crippen LogP contribution is 2.42. The van der Waals surface area contributed by atoms with Crippen molar-refractivity contribution in [2.24, 2.45) is 0 Å². The first kappa shape index (κ1) is 25.9.